The Bertz CT molecular complexity index is 635. The van der Waals surface area contributed by atoms with Gasteiger partial charge in [-0.3, -0.25) is 4.79 Å². The highest BCUT2D eigenvalue weighted by atomic mass is 16.4. The summed E-state index contributed by atoms with van der Waals surface area (Å²) in [6.07, 6.45) is -0.107. The summed E-state index contributed by atoms with van der Waals surface area (Å²) in [5.41, 5.74) is 3.58. The maximum Gasteiger partial charge on any atom is 0.407 e. The molecule has 0 radical (unpaired) electrons. The zero-order valence-electron chi connectivity index (χ0n) is 11.8. The minimum Gasteiger partial charge on any atom is -0.465 e. The SMILES string of the molecule is CCN(Cc1cccc(-c2ccc(C=O)cc2)c1)C(=O)O. The third-order valence-electron chi connectivity index (χ3n) is 3.33. The predicted octanol–water partition coefficient (Wildman–Crippen LogP) is 3.67. The first-order valence-corrected chi connectivity index (χ1v) is 6.76. The largest absolute Gasteiger partial charge is 0.465 e. The van der Waals surface area contributed by atoms with Crippen LogP contribution in [-0.4, -0.2) is 28.9 Å². The Labute approximate surface area is 123 Å². The Morgan fingerprint density at radius 1 is 1.14 bits per heavy atom. The van der Waals surface area contributed by atoms with Gasteiger partial charge >= 0.3 is 6.09 Å². The van der Waals surface area contributed by atoms with Gasteiger partial charge in [0.2, 0.25) is 0 Å². The first-order valence-electron chi connectivity index (χ1n) is 6.76. The zero-order valence-corrected chi connectivity index (χ0v) is 11.8. The molecule has 0 bridgehead atoms. The van der Waals surface area contributed by atoms with Crippen molar-refractivity contribution in [2.45, 2.75) is 13.5 Å². The number of carboxylic acid groups (broad SMARTS) is 1. The van der Waals surface area contributed by atoms with Gasteiger partial charge in [0.15, 0.2) is 0 Å². The highest BCUT2D eigenvalue weighted by Gasteiger charge is 2.10. The van der Waals surface area contributed by atoms with Crippen LogP contribution in [0.1, 0.15) is 22.8 Å². The number of nitrogens with zero attached hydrogens (tertiary/aromatic N) is 1. The molecule has 2 rings (SSSR count). The molecule has 108 valence electrons. The number of hydrogen-bond donors (Lipinski definition) is 1. The molecule has 0 saturated heterocycles. The fourth-order valence-corrected chi connectivity index (χ4v) is 2.14. The van der Waals surface area contributed by atoms with Crippen molar-refractivity contribution in [2.24, 2.45) is 0 Å². The lowest BCUT2D eigenvalue weighted by molar-refractivity contribution is 0.112. The van der Waals surface area contributed by atoms with Gasteiger partial charge in [-0.15, -0.1) is 0 Å². The van der Waals surface area contributed by atoms with E-state index >= 15 is 0 Å². The van der Waals surface area contributed by atoms with Crippen molar-refractivity contribution in [3.8, 4) is 11.1 Å². The van der Waals surface area contributed by atoms with E-state index in [4.69, 9.17) is 5.11 Å². The van der Waals surface area contributed by atoms with E-state index in [2.05, 4.69) is 0 Å². The van der Waals surface area contributed by atoms with Gasteiger partial charge in [0, 0.05) is 18.7 Å². The number of amides is 1. The molecule has 1 amide bonds. The van der Waals surface area contributed by atoms with Crippen LogP contribution in [0.25, 0.3) is 11.1 Å². The first kappa shape index (κ1) is 14.8. The summed E-state index contributed by atoms with van der Waals surface area (Å²) < 4.78 is 0. The van der Waals surface area contributed by atoms with Crippen LogP contribution in [0.15, 0.2) is 48.5 Å². The average Bonchev–Trinajstić information content (AvgIpc) is 2.52. The molecule has 0 aromatic heterocycles. The Morgan fingerprint density at radius 3 is 2.43 bits per heavy atom. The summed E-state index contributed by atoms with van der Waals surface area (Å²) in [6, 6.07) is 15.1. The molecule has 4 heteroatoms. The van der Waals surface area contributed by atoms with E-state index in [1.54, 1.807) is 12.1 Å². The smallest absolute Gasteiger partial charge is 0.407 e. The molecule has 0 spiro atoms. The van der Waals surface area contributed by atoms with Crippen molar-refractivity contribution in [1.82, 2.24) is 4.90 Å². The summed E-state index contributed by atoms with van der Waals surface area (Å²) in [5, 5.41) is 9.07. The van der Waals surface area contributed by atoms with Crippen molar-refractivity contribution >= 4 is 12.4 Å². The molecule has 0 fully saturated rings. The molecule has 4 nitrogen and oxygen atoms in total. The molecule has 2 aromatic carbocycles. The summed E-state index contributed by atoms with van der Waals surface area (Å²) in [6.45, 7) is 2.63. The highest BCUT2D eigenvalue weighted by molar-refractivity contribution is 5.77. The second kappa shape index (κ2) is 6.70. The standard InChI is InChI=1S/C17H17NO3/c1-2-18(17(20)21)11-14-4-3-5-16(10-14)15-8-6-13(12-19)7-9-15/h3-10,12H,2,11H2,1H3,(H,20,21). The number of carbonyl (C=O) groups is 2. The van der Waals surface area contributed by atoms with Crippen molar-refractivity contribution in [3.05, 3.63) is 59.7 Å². The van der Waals surface area contributed by atoms with E-state index < -0.39 is 6.09 Å². The average molecular weight is 283 g/mol. The van der Waals surface area contributed by atoms with Gasteiger partial charge in [0.25, 0.3) is 0 Å². The van der Waals surface area contributed by atoms with Crippen molar-refractivity contribution in [1.29, 1.82) is 0 Å². The molecule has 21 heavy (non-hydrogen) atoms. The van der Waals surface area contributed by atoms with E-state index in [0.29, 0.717) is 18.7 Å². The fourth-order valence-electron chi connectivity index (χ4n) is 2.14. The van der Waals surface area contributed by atoms with E-state index in [-0.39, 0.29) is 0 Å². The van der Waals surface area contributed by atoms with E-state index in [1.807, 2.05) is 43.3 Å². The number of carbonyl (C=O) groups excluding carboxylic acids is 1. The molecule has 0 heterocycles. The Morgan fingerprint density at radius 2 is 1.86 bits per heavy atom. The third kappa shape index (κ3) is 3.69. The molecule has 0 atom stereocenters. The zero-order chi connectivity index (χ0) is 15.2. The molecule has 0 saturated carbocycles. The quantitative estimate of drug-likeness (QED) is 0.852. The number of hydrogen-bond acceptors (Lipinski definition) is 2. The maximum atomic E-state index is 11.1. The predicted molar refractivity (Wildman–Crippen MR) is 81.4 cm³/mol. The second-order valence-corrected chi connectivity index (χ2v) is 4.74. The van der Waals surface area contributed by atoms with Crippen LogP contribution in [-0.2, 0) is 6.54 Å². The number of aldehydes is 1. The van der Waals surface area contributed by atoms with Crippen molar-refractivity contribution in [2.75, 3.05) is 6.54 Å². The monoisotopic (exact) mass is 283 g/mol. The van der Waals surface area contributed by atoms with Crippen LogP contribution < -0.4 is 0 Å². The lowest BCUT2D eigenvalue weighted by Gasteiger charge is -2.17. The number of rotatable bonds is 5. The van der Waals surface area contributed by atoms with Crippen molar-refractivity contribution in [3.63, 3.8) is 0 Å². The summed E-state index contributed by atoms with van der Waals surface area (Å²) in [7, 11) is 0. The third-order valence-corrected chi connectivity index (χ3v) is 3.33. The minimum absolute atomic E-state index is 0.367. The number of benzene rings is 2. The summed E-state index contributed by atoms with van der Waals surface area (Å²) >= 11 is 0. The van der Waals surface area contributed by atoms with Crippen LogP contribution in [0.3, 0.4) is 0 Å². The van der Waals surface area contributed by atoms with Crippen LogP contribution in [0.5, 0.6) is 0 Å². The Balaban J connectivity index is 2.24. The minimum atomic E-state index is -0.918. The molecule has 1 N–H and O–H groups in total. The highest BCUT2D eigenvalue weighted by Crippen LogP contribution is 2.21. The van der Waals surface area contributed by atoms with Gasteiger partial charge in [-0.2, -0.15) is 0 Å². The molecule has 0 aliphatic rings. The van der Waals surface area contributed by atoms with E-state index in [1.165, 1.54) is 4.90 Å². The Hall–Kier alpha value is -2.62. The van der Waals surface area contributed by atoms with Crippen molar-refractivity contribution < 1.29 is 14.7 Å². The summed E-state index contributed by atoms with van der Waals surface area (Å²) in [5.74, 6) is 0. The lowest BCUT2D eigenvalue weighted by Crippen LogP contribution is -2.28. The maximum absolute atomic E-state index is 11.1. The normalized spacial score (nSPS) is 10.1. The molecular formula is C17H17NO3. The van der Waals surface area contributed by atoms with E-state index in [9.17, 15) is 9.59 Å². The summed E-state index contributed by atoms with van der Waals surface area (Å²) in [4.78, 5) is 23.1. The molecule has 2 aromatic rings. The van der Waals surface area contributed by atoms with Gasteiger partial charge in [0.1, 0.15) is 6.29 Å². The van der Waals surface area contributed by atoms with Gasteiger partial charge in [-0.05, 0) is 29.7 Å². The fraction of sp³-hybridized carbons (Fsp3) is 0.176. The topological polar surface area (TPSA) is 57.6 Å². The van der Waals surface area contributed by atoms with Crippen LogP contribution in [0.2, 0.25) is 0 Å². The molecular weight excluding hydrogens is 266 g/mol. The molecule has 0 unspecified atom stereocenters. The first-order chi connectivity index (χ1) is 10.1. The van der Waals surface area contributed by atoms with Crippen LogP contribution in [0, 0.1) is 0 Å². The second-order valence-electron chi connectivity index (χ2n) is 4.74. The lowest BCUT2D eigenvalue weighted by atomic mass is 10.0. The Kier molecular flexibility index (Phi) is 4.72. The van der Waals surface area contributed by atoms with Gasteiger partial charge in [-0.25, -0.2) is 4.79 Å². The van der Waals surface area contributed by atoms with Crippen LogP contribution in [0.4, 0.5) is 4.79 Å². The molecule has 0 aliphatic carbocycles. The van der Waals surface area contributed by atoms with Gasteiger partial charge < -0.3 is 10.0 Å². The van der Waals surface area contributed by atoms with Gasteiger partial charge in [-0.1, -0.05) is 42.5 Å². The van der Waals surface area contributed by atoms with Crippen LogP contribution >= 0.6 is 0 Å². The van der Waals surface area contributed by atoms with E-state index in [0.717, 1.165) is 23.0 Å². The van der Waals surface area contributed by atoms with Gasteiger partial charge in [0.05, 0.1) is 0 Å². The molecule has 0 aliphatic heterocycles.